The smallest absolute Gasteiger partial charge is 0.290 e. The van der Waals surface area contributed by atoms with E-state index in [0.29, 0.717) is 4.91 Å². The van der Waals surface area contributed by atoms with Gasteiger partial charge in [0, 0.05) is 42.8 Å². The summed E-state index contributed by atoms with van der Waals surface area (Å²) < 4.78 is 0. The van der Waals surface area contributed by atoms with Gasteiger partial charge in [0.15, 0.2) is 0 Å². The quantitative estimate of drug-likeness (QED) is 0.613. The number of nitrogens with one attached hydrogen (secondary N) is 1. The summed E-state index contributed by atoms with van der Waals surface area (Å²) in [5.74, 6) is -0.361. The van der Waals surface area contributed by atoms with E-state index in [1.165, 1.54) is 5.69 Å². The summed E-state index contributed by atoms with van der Waals surface area (Å²) in [7, 11) is 0. The molecule has 0 unspecified atom stereocenters. The molecule has 3 heterocycles. The maximum absolute atomic E-state index is 11.9. The number of nitrogens with zero attached hydrogens (tertiary/aromatic N) is 4. The number of piperazine rings is 1. The molecule has 1 N–H and O–H groups in total. The molecule has 1 aromatic heterocycles. The second-order valence-electron chi connectivity index (χ2n) is 7.82. The Morgan fingerprint density at radius 2 is 1.91 bits per heavy atom. The van der Waals surface area contributed by atoms with Gasteiger partial charge in [0.05, 0.1) is 16.1 Å². The second kappa shape index (κ2) is 8.72. The predicted octanol–water partition coefficient (Wildman–Crippen LogP) is 3.76. The molecule has 2 amide bonds. The summed E-state index contributed by atoms with van der Waals surface area (Å²) in [6.07, 6.45) is 3.31. The van der Waals surface area contributed by atoms with Crippen molar-refractivity contribution in [3.05, 3.63) is 59.3 Å². The average molecular weight is 446 g/mol. The number of benzene rings is 2. The van der Waals surface area contributed by atoms with E-state index in [0.717, 1.165) is 72.2 Å². The van der Waals surface area contributed by atoms with E-state index in [1.807, 2.05) is 18.2 Å². The lowest BCUT2D eigenvalue weighted by Gasteiger charge is -2.35. The van der Waals surface area contributed by atoms with Gasteiger partial charge in [-0.25, -0.2) is 9.97 Å². The fourth-order valence-corrected chi connectivity index (χ4v) is 4.82. The molecule has 7 nitrogen and oxygen atoms in total. The lowest BCUT2D eigenvalue weighted by atomic mass is 10.0. The van der Waals surface area contributed by atoms with Gasteiger partial charge < -0.3 is 9.80 Å². The monoisotopic (exact) mass is 445 g/mol. The first-order chi connectivity index (χ1) is 15.6. The van der Waals surface area contributed by atoms with E-state index < -0.39 is 0 Å². The Hall–Kier alpha value is -3.23. The largest absolute Gasteiger partial charge is 0.369 e. The molecule has 0 atom stereocenters. The van der Waals surface area contributed by atoms with Crippen LogP contribution in [0.3, 0.4) is 0 Å². The van der Waals surface area contributed by atoms with Crippen molar-refractivity contribution in [1.29, 1.82) is 0 Å². The molecule has 0 radical (unpaired) electrons. The zero-order valence-electron chi connectivity index (χ0n) is 17.7. The number of amides is 2. The molecule has 3 aromatic rings. The van der Waals surface area contributed by atoms with Crippen LogP contribution in [0.15, 0.2) is 53.7 Å². The van der Waals surface area contributed by atoms with Crippen LogP contribution in [0.5, 0.6) is 0 Å². The summed E-state index contributed by atoms with van der Waals surface area (Å²) in [6.45, 7) is 7.46. The highest BCUT2D eigenvalue weighted by Gasteiger charge is 2.25. The van der Waals surface area contributed by atoms with Crippen molar-refractivity contribution in [2.45, 2.75) is 6.92 Å². The number of thioether (sulfide) groups is 1. The van der Waals surface area contributed by atoms with Crippen molar-refractivity contribution in [1.82, 2.24) is 20.2 Å². The van der Waals surface area contributed by atoms with Gasteiger partial charge in [-0.15, -0.1) is 0 Å². The van der Waals surface area contributed by atoms with Gasteiger partial charge in [-0.05, 0) is 54.2 Å². The molecule has 162 valence electrons. The molecule has 0 saturated carbocycles. The topological polar surface area (TPSA) is 78.4 Å². The lowest BCUT2D eigenvalue weighted by molar-refractivity contribution is -0.115. The Bertz CT molecular complexity index is 1230. The highest BCUT2D eigenvalue weighted by molar-refractivity contribution is 8.18. The predicted molar refractivity (Wildman–Crippen MR) is 128 cm³/mol. The van der Waals surface area contributed by atoms with Gasteiger partial charge in [0.1, 0.15) is 6.33 Å². The molecule has 2 aromatic carbocycles. The number of rotatable bonds is 4. The fourth-order valence-electron chi connectivity index (χ4n) is 4.14. The number of hydrogen-bond donors (Lipinski definition) is 1. The Morgan fingerprint density at radius 3 is 2.66 bits per heavy atom. The van der Waals surface area contributed by atoms with E-state index in [-0.39, 0.29) is 11.1 Å². The molecule has 0 bridgehead atoms. The van der Waals surface area contributed by atoms with Crippen molar-refractivity contribution < 1.29 is 9.59 Å². The van der Waals surface area contributed by atoms with Crippen molar-refractivity contribution in [3.8, 4) is 11.3 Å². The fraction of sp³-hybridized carbons (Fsp3) is 0.250. The first-order valence-corrected chi connectivity index (χ1v) is 11.5. The summed E-state index contributed by atoms with van der Waals surface area (Å²) >= 11 is 0.915. The minimum absolute atomic E-state index is 0.345. The second-order valence-corrected chi connectivity index (χ2v) is 8.84. The van der Waals surface area contributed by atoms with Crippen LogP contribution in [0.1, 0.15) is 12.5 Å². The molecule has 0 aliphatic carbocycles. The summed E-state index contributed by atoms with van der Waals surface area (Å²) in [4.78, 5) is 37.7. The molecule has 2 aliphatic rings. The van der Waals surface area contributed by atoms with Crippen LogP contribution < -0.4 is 10.2 Å². The summed E-state index contributed by atoms with van der Waals surface area (Å²) in [6, 6.07) is 14.3. The normalized spacial score (nSPS) is 18.5. The van der Waals surface area contributed by atoms with Crippen LogP contribution in [0.25, 0.3) is 28.2 Å². The van der Waals surface area contributed by atoms with E-state index in [1.54, 1.807) is 12.4 Å². The van der Waals surface area contributed by atoms with Crippen LogP contribution in [0, 0.1) is 0 Å². The summed E-state index contributed by atoms with van der Waals surface area (Å²) in [5.41, 5.74) is 4.73. The lowest BCUT2D eigenvalue weighted by Crippen LogP contribution is -2.46. The van der Waals surface area contributed by atoms with Crippen molar-refractivity contribution in [2.75, 3.05) is 37.6 Å². The van der Waals surface area contributed by atoms with Gasteiger partial charge in [0.25, 0.3) is 11.1 Å². The highest BCUT2D eigenvalue weighted by atomic mass is 32.2. The number of likely N-dealkylation sites (N-methyl/N-ethyl adjacent to an activating group) is 1. The molecule has 32 heavy (non-hydrogen) atoms. The maximum atomic E-state index is 11.9. The van der Waals surface area contributed by atoms with Gasteiger partial charge in [-0.3, -0.25) is 14.9 Å². The van der Waals surface area contributed by atoms with Gasteiger partial charge in [0.2, 0.25) is 0 Å². The third kappa shape index (κ3) is 4.11. The SMILES string of the molecule is CCN1CCN(c2cccc(-c3ncnc4ccc(/C=C5\SC(=O)NC5=O)cc34)c2)CC1. The Morgan fingerprint density at radius 1 is 1.06 bits per heavy atom. The van der Waals surface area contributed by atoms with E-state index in [2.05, 4.69) is 56.3 Å². The number of carbonyl (C=O) groups excluding carboxylic acids is 2. The van der Waals surface area contributed by atoms with E-state index in [9.17, 15) is 9.59 Å². The molecule has 2 saturated heterocycles. The average Bonchev–Trinajstić information content (AvgIpc) is 3.15. The molecular weight excluding hydrogens is 422 g/mol. The Balaban J connectivity index is 1.50. The van der Waals surface area contributed by atoms with E-state index >= 15 is 0 Å². The van der Waals surface area contributed by atoms with Crippen molar-refractivity contribution in [3.63, 3.8) is 0 Å². The van der Waals surface area contributed by atoms with Crippen LogP contribution >= 0.6 is 11.8 Å². The molecule has 2 aliphatic heterocycles. The van der Waals surface area contributed by atoms with Crippen LogP contribution in [-0.2, 0) is 4.79 Å². The first-order valence-electron chi connectivity index (χ1n) is 10.7. The van der Waals surface area contributed by atoms with Crippen molar-refractivity contribution in [2.24, 2.45) is 0 Å². The zero-order chi connectivity index (χ0) is 22.1. The van der Waals surface area contributed by atoms with Crippen LogP contribution in [-0.4, -0.2) is 58.7 Å². The molecule has 8 heteroatoms. The minimum atomic E-state index is -0.361. The van der Waals surface area contributed by atoms with E-state index in [4.69, 9.17) is 0 Å². The third-order valence-electron chi connectivity index (χ3n) is 5.90. The number of aromatic nitrogens is 2. The molecular formula is C24H23N5O2S. The Kier molecular flexibility index (Phi) is 5.63. The number of imide groups is 1. The number of hydrogen-bond acceptors (Lipinski definition) is 7. The molecule has 0 spiro atoms. The zero-order valence-corrected chi connectivity index (χ0v) is 18.6. The number of carbonyl (C=O) groups is 2. The maximum Gasteiger partial charge on any atom is 0.290 e. The number of fused-ring (bicyclic) bond motifs is 1. The van der Waals surface area contributed by atoms with Gasteiger partial charge >= 0.3 is 0 Å². The van der Waals surface area contributed by atoms with Crippen molar-refractivity contribution >= 4 is 45.6 Å². The molecule has 2 fully saturated rings. The van der Waals surface area contributed by atoms with Gasteiger partial charge in [-0.2, -0.15) is 0 Å². The third-order valence-corrected chi connectivity index (χ3v) is 6.71. The van der Waals surface area contributed by atoms with Crippen LogP contribution in [0.2, 0.25) is 0 Å². The highest BCUT2D eigenvalue weighted by Crippen LogP contribution is 2.31. The Labute approximate surface area is 190 Å². The molecule has 5 rings (SSSR count). The number of anilines is 1. The standard InChI is InChI=1S/C24H23N5O2S/c1-2-28-8-10-29(11-9-28)18-5-3-4-17(14-18)22-19-12-16(6-7-20(19)25-15-26-22)13-21-23(30)27-24(31)32-21/h3-7,12-15H,2,8-11H2,1H3,(H,27,30,31)/b21-13-. The van der Waals surface area contributed by atoms with Crippen LogP contribution in [0.4, 0.5) is 10.5 Å². The minimum Gasteiger partial charge on any atom is -0.369 e. The van der Waals surface area contributed by atoms with Gasteiger partial charge in [-0.1, -0.05) is 25.1 Å². The first kappa shape index (κ1) is 20.7. The summed E-state index contributed by atoms with van der Waals surface area (Å²) in [5, 5.41) is 2.85.